The van der Waals surface area contributed by atoms with E-state index in [0.717, 1.165) is 75.3 Å². The molecule has 166 valence electrons. The molecule has 1 aliphatic rings. The predicted molar refractivity (Wildman–Crippen MR) is 128 cm³/mol. The average Bonchev–Trinajstić information content (AvgIpc) is 3.45. The van der Waals surface area contributed by atoms with E-state index in [4.69, 9.17) is 23.6 Å². The van der Waals surface area contributed by atoms with E-state index in [-0.39, 0.29) is 24.0 Å². The summed E-state index contributed by atoms with van der Waals surface area (Å²) in [5.41, 5.74) is 1.18. The molecule has 2 aromatic rings. The second-order valence-electron chi connectivity index (χ2n) is 7.04. The van der Waals surface area contributed by atoms with Gasteiger partial charge in [-0.2, -0.15) is 0 Å². The molecule has 7 nitrogen and oxygen atoms in total. The lowest BCUT2D eigenvalue weighted by molar-refractivity contribution is 0.187. The number of guanidine groups is 1. The van der Waals surface area contributed by atoms with Gasteiger partial charge in [0.1, 0.15) is 5.76 Å². The lowest BCUT2D eigenvalue weighted by atomic mass is 10.1. The van der Waals surface area contributed by atoms with Gasteiger partial charge in [0.05, 0.1) is 27.1 Å². The Hall–Kier alpha value is -1.94. The Bertz CT molecular complexity index is 762. The molecule has 2 heterocycles. The fraction of sp³-hybridized carbons (Fsp3) is 0.500. The number of aliphatic imine (C=N–C) groups is 1. The fourth-order valence-corrected chi connectivity index (χ4v) is 3.24. The third-order valence-corrected chi connectivity index (χ3v) is 4.93. The molecule has 30 heavy (non-hydrogen) atoms. The summed E-state index contributed by atoms with van der Waals surface area (Å²) >= 11 is 0. The van der Waals surface area contributed by atoms with Crippen molar-refractivity contribution in [2.45, 2.75) is 19.3 Å². The summed E-state index contributed by atoms with van der Waals surface area (Å²) in [7, 11) is 3.30. The summed E-state index contributed by atoms with van der Waals surface area (Å²) in [5.74, 6) is 3.78. The number of methoxy groups -OCH3 is 2. The zero-order valence-electron chi connectivity index (χ0n) is 17.7. The summed E-state index contributed by atoms with van der Waals surface area (Å²) in [6, 6.07) is 9.90. The first-order chi connectivity index (χ1) is 14.3. The van der Waals surface area contributed by atoms with Gasteiger partial charge in [0.25, 0.3) is 0 Å². The molecule has 1 aromatic carbocycles. The van der Waals surface area contributed by atoms with Gasteiger partial charge in [-0.25, -0.2) is 0 Å². The summed E-state index contributed by atoms with van der Waals surface area (Å²) in [4.78, 5) is 4.76. The monoisotopic (exact) mass is 529 g/mol. The van der Waals surface area contributed by atoms with Gasteiger partial charge in [-0.1, -0.05) is 6.07 Å². The number of nitrogens with zero attached hydrogens (tertiary/aromatic N) is 1. The van der Waals surface area contributed by atoms with Crippen molar-refractivity contribution < 1.29 is 18.6 Å². The smallest absolute Gasteiger partial charge is 0.191 e. The van der Waals surface area contributed by atoms with Crippen LogP contribution in [0.15, 0.2) is 46.0 Å². The molecule has 0 spiro atoms. The molecule has 1 fully saturated rings. The summed E-state index contributed by atoms with van der Waals surface area (Å²) < 4.78 is 21.5. The Morgan fingerprint density at radius 2 is 1.90 bits per heavy atom. The lowest BCUT2D eigenvalue weighted by Crippen LogP contribution is -2.39. The third kappa shape index (κ3) is 7.71. The SMILES string of the molecule is COc1ccc(CCNC(=NCC2CCOC2)NCCc2ccco2)cc1OC.I. The number of ether oxygens (including phenoxy) is 3. The molecule has 2 N–H and O–H groups in total. The Balaban J connectivity index is 0.00000320. The van der Waals surface area contributed by atoms with E-state index in [9.17, 15) is 0 Å². The van der Waals surface area contributed by atoms with Crippen LogP contribution >= 0.6 is 24.0 Å². The molecule has 3 rings (SSSR count). The van der Waals surface area contributed by atoms with Gasteiger partial charge in [-0.05, 0) is 42.7 Å². The standard InChI is InChI=1S/C22H31N3O4.HI/c1-26-20-6-5-17(14-21(20)27-2)7-10-23-22(25-15-18-9-13-28-16-18)24-11-8-19-4-3-12-29-19;/h3-6,12,14,18H,7-11,13,15-16H2,1-2H3,(H2,23,24,25);1H. The van der Waals surface area contributed by atoms with Crippen LogP contribution in [-0.2, 0) is 17.6 Å². The van der Waals surface area contributed by atoms with E-state index in [1.807, 2.05) is 24.3 Å². The first kappa shape index (κ1) is 24.3. The molecule has 1 aromatic heterocycles. The van der Waals surface area contributed by atoms with Gasteiger partial charge in [0.15, 0.2) is 17.5 Å². The van der Waals surface area contributed by atoms with E-state index < -0.39 is 0 Å². The highest BCUT2D eigenvalue weighted by molar-refractivity contribution is 14.0. The van der Waals surface area contributed by atoms with Crippen LogP contribution in [-0.4, -0.2) is 53.0 Å². The zero-order chi connectivity index (χ0) is 20.3. The van der Waals surface area contributed by atoms with Gasteiger partial charge in [-0.15, -0.1) is 24.0 Å². The van der Waals surface area contributed by atoms with Crippen LogP contribution in [0.4, 0.5) is 0 Å². The van der Waals surface area contributed by atoms with Crippen LogP contribution in [0.3, 0.4) is 0 Å². The molecule has 0 bridgehead atoms. The second-order valence-corrected chi connectivity index (χ2v) is 7.04. The van der Waals surface area contributed by atoms with Crippen molar-refractivity contribution in [2.24, 2.45) is 10.9 Å². The molecule has 0 saturated carbocycles. The normalized spacial score (nSPS) is 16.1. The second kappa shape index (κ2) is 13.4. The van der Waals surface area contributed by atoms with Crippen LogP contribution in [0.2, 0.25) is 0 Å². The van der Waals surface area contributed by atoms with Gasteiger partial charge in [-0.3, -0.25) is 4.99 Å². The molecule has 1 atom stereocenters. The van der Waals surface area contributed by atoms with Crippen molar-refractivity contribution in [1.82, 2.24) is 10.6 Å². The van der Waals surface area contributed by atoms with Crippen LogP contribution in [0.25, 0.3) is 0 Å². The summed E-state index contributed by atoms with van der Waals surface area (Å²) in [6.45, 7) is 3.94. The molecule has 0 amide bonds. The average molecular weight is 529 g/mol. The van der Waals surface area contributed by atoms with E-state index in [1.54, 1.807) is 20.5 Å². The quantitative estimate of drug-likeness (QED) is 0.280. The van der Waals surface area contributed by atoms with Crippen LogP contribution in [0.1, 0.15) is 17.7 Å². The van der Waals surface area contributed by atoms with Crippen molar-refractivity contribution in [2.75, 3.05) is 47.1 Å². The number of rotatable bonds is 10. The number of halogens is 1. The molecule has 1 aliphatic heterocycles. The maximum atomic E-state index is 5.45. The highest BCUT2D eigenvalue weighted by Gasteiger charge is 2.15. The Morgan fingerprint density at radius 3 is 2.57 bits per heavy atom. The summed E-state index contributed by atoms with van der Waals surface area (Å²) in [6.07, 6.45) is 4.45. The van der Waals surface area contributed by atoms with Gasteiger partial charge in [0.2, 0.25) is 0 Å². The minimum absolute atomic E-state index is 0. The van der Waals surface area contributed by atoms with Crippen LogP contribution in [0.5, 0.6) is 11.5 Å². The minimum Gasteiger partial charge on any atom is -0.493 e. The molecule has 1 saturated heterocycles. The minimum atomic E-state index is 0. The Labute approximate surface area is 195 Å². The highest BCUT2D eigenvalue weighted by Crippen LogP contribution is 2.27. The highest BCUT2D eigenvalue weighted by atomic mass is 127. The predicted octanol–water partition coefficient (Wildman–Crippen LogP) is 3.27. The first-order valence-corrected chi connectivity index (χ1v) is 10.1. The molecule has 1 unspecified atom stereocenters. The number of nitrogens with one attached hydrogen (secondary N) is 2. The molecule has 8 heteroatoms. The molecule has 0 aliphatic carbocycles. The van der Waals surface area contributed by atoms with E-state index in [0.29, 0.717) is 5.92 Å². The van der Waals surface area contributed by atoms with E-state index in [1.165, 1.54) is 5.56 Å². The Morgan fingerprint density at radius 1 is 1.10 bits per heavy atom. The van der Waals surface area contributed by atoms with Crippen LogP contribution in [0, 0.1) is 5.92 Å². The fourth-order valence-electron chi connectivity index (χ4n) is 3.24. The van der Waals surface area contributed by atoms with Crippen LogP contribution < -0.4 is 20.1 Å². The van der Waals surface area contributed by atoms with Crippen molar-refractivity contribution in [3.63, 3.8) is 0 Å². The number of furan rings is 1. The largest absolute Gasteiger partial charge is 0.493 e. The topological polar surface area (TPSA) is 77.2 Å². The van der Waals surface area contributed by atoms with Gasteiger partial charge in [0, 0.05) is 38.6 Å². The maximum absolute atomic E-state index is 5.45. The Kier molecular flexibility index (Phi) is 10.9. The lowest BCUT2D eigenvalue weighted by Gasteiger charge is -2.14. The molecular weight excluding hydrogens is 497 g/mol. The zero-order valence-corrected chi connectivity index (χ0v) is 20.0. The number of hydrogen-bond donors (Lipinski definition) is 2. The van der Waals surface area contributed by atoms with Crippen molar-refractivity contribution in [3.05, 3.63) is 47.9 Å². The van der Waals surface area contributed by atoms with Gasteiger partial charge >= 0.3 is 0 Å². The number of hydrogen-bond acceptors (Lipinski definition) is 5. The maximum Gasteiger partial charge on any atom is 0.191 e. The molecular formula is C22H32IN3O4. The van der Waals surface area contributed by atoms with Gasteiger partial charge < -0.3 is 29.3 Å². The van der Waals surface area contributed by atoms with Crippen molar-refractivity contribution in [3.8, 4) is 11.5 Å². The van der Waals surface area contributed by atoms with E-state index in [2.05, 4.69) is 16.7 Å². The summed E-state index contributed by atoms with van der Waals surface area (Å²) in [5, 5.41) is 6.84. The molecule has 0 radical (unpaired) electrons. The number of benzene rings is 1. The first-order valence-electron chi connectivity index (χ1n) is 10.1. The van der Waals surface area contributed by atoms with Crippen molar-refractivity contribution >= 4 is 29.9 Å². The van der Waals surface area contributed by atoms with E-state index >= 15 is 0 Å². The van der Waals surface area contributed by atoms with Crippen molar-refractivity contribution in [1.29, 1.82) is 0 Å². The third-order valence-electron chi connectivity index (χ3n) is 4.93.